The van der Waals surface area contributed by atoms with Crippen molar-refractivity contribution >= 4 is 22.5 Å². The van der Waals surface area contributed by atoms with Crippen molar-refractivity contribution in [2.45, 2.75) is 6.92 Å². The van der Waals surface area contributed by atoms with E-state index in [4.69, 9.17) is 0 Å². The molecule has 0 aliphatic rings. The van der Waals surface area contributed by atoms with Crippen LogP contribution in [0.4, 0.5) is 5.69 Å². The number of hydrogen-bond donors (Lipinski definition) is 2. The third-order valence-corrected chi connectivity index (χ3v) is 3.70. The quantitative estimate of drug-likeness (QED) is 0.755. The van der Waals surface area contributed by atoms with Gasteiger partial charge in [-0.2, -0.15) is 0 Å². The fourth-order valence-electron chi connectivity index (χ4n) is 2.50. The molecule has 0 spiro atoms. The van der Waals surface area contributed by atoms with Crippen molar-refractivity contribution in [1.29, 1.82) is 0 Å². The van der Waals surface area contributed by atoms with Gasteiger partial charge in [-0.15, -0.1) is 0 Å². The van der Waals surface area contributed by atoms with Crippen molar-refractivity contribution in [3.8, 4) is 5.88 Å². The summed E-state index contributed by atoms with van der Waals surface area (Å²) in [4.78, 5) is 12.5. The minimum absolute atomic E-state index is 0.0257. The Morgan fingerprint density at radius 1 is 1.10 bits per heavy atom. The van der Waals surface area contributed by atoms with Crippen molar-refractivity contribution in [3.05, 3.63) is 59.7 Å². The summed E-state index contributed by atoms with van der Waals surface area (Å²) in [6.07, 6.45) is 0. The van der Waals surface area contributed by atoms with Gasteiger partial charge in [0.15, 0.2) is 0 Å². The predicted molar refractivity (Wildman–Crippen MR) is 83.7 cm³/mol. The molecule has 0 bridgehead atoms. The lowest BCUT2D eigenvalue weighted by atomic mass is 10.1. The molecule has 3 rings (SSSR count). The summed E-state index contributed by atoms with van der Waals surface area (Å²) in [5, 5.41) is 13.8. The van der Waals surface area contributed by atoms with Gasteiger partial charge in [0.2, 0.25) is 5.88 Å². The smallest absolute Gasteiger partial charge is 0.261 e. The number of carbonyl (C=O) groups excluding carboxylic acids is 1. The van der Waals surface area contributed by atoms with E-state index in [2.05, 4.69) is 5.32 Å². The molecule has 0 radical (unpaired) electrons. The highest BCUT2D eigenvalue weighted by Crippen LogP contribution is 2.30. The molecule has 1 amide bonds. The van der Waals surface area contributed by atoms with Crippen LogP contribution >= 0.6 is 0 Å². The topological polar surface area (TPSA) is 54.3 Å². The van der Waals surface area contributed by atoms with Crippen LogP contribution in [0.1, 0.15) is 15.9 Å². The Hall–Kier alpha value is -2.75. The number of anilines is 1. The van der Waals surface area contributed by atoms with Gasteiger partial charge in [-0.05, 0) is 24.6 Å². The maximum absolute atomic E-state index is 12.5. The third-order valence-electron chi connectivity index (χ3n) is 3.70. The van der Waals surface area contributed by atoms with Crippen LogP contribution in [0.15, 0.2) is 48.5 Å². The number of nitrogens with zero attached hydrogens (tertiary/aromatic N) is 1. The molecule has 2 N–H and O–H groups in total. The zero-order valence-corrected chi connectivity index (χ0v) is 11.9. The SMILES string of the molecule is Cc1ccccc1NC(=O)c1c(O)n(C)c2ccccc12. The lowest BCUT2D eigenvalue weighted by molar-refractivity contribution is 0.102. The number of carbonyl (C=O) groups is 1. The highest BCUT2D eigenvalue weighted by atomic mass is 16.3. The molecule has 0 unspecified atom stereocenters. The highest BCUT2D eigenvalue weighted by Gasteiger charge is 2.20. The van der Waals surface area contributed by atoms with Gasteiger partial charge in [-0.1, -0.05) is 36.4 Å². The maximum atomic E-state index is 12.5. The second-order valence-corrected chi connectivity index (χ2v) is 5.04. The lowest BCUT2D eigenvalue weighted by Crippen LogP contribution is -2.12. The number of nitrogens with one attached hydrogen (secondary N) is 1. The van der Waals surface area contributed by atoms with Gasteiger partial charge in [-0.25, -0.2) is 0 Å². The van der Waals surface area contributed by atoms with Crippen LogP contribution < -0.4 is 5.32 Å². The van der Waals surface area contributed by atoms with E-state index in [1.807, 2.05) is 55.5 Å². The predicted octanol–water partition coefficient (Wildman–Crippen LogP) is 3.44. The highest BCUT2D eigenvalue weighted by molar-refractivity contribution is 6.15. The standard InChI is InChI=1S/C17H16N2O2/c1-11-7-3-5-9-13(11)18-16(20)15-12-8-4-6-10-14(12)19(2)17(15)21/h3-10,21H,1-2H3,(H,18,20). The third kappa shape index (κ3) is 2.14. The van der Waals surface area contributed by atoms with E-state index in [0.717, 1.165) is 22.2 Å². The fourth-order valence-corrected chi connectivity index (χ4v) is 2.50. The summed E-state index contributed by atoms with van der Waals surface area (Å²) in [7, 11) is 1.74. The largest absolute Gasteiger partial charge is 0.494 e. The van der Waals surface area contributed by atoms with Gasteiger partial charge in [0, 0.05) is 18.1 Å². The van der Waals surface area contributed by atoms with Gasteiger partial charge in [-0.3, -0.25) is 4.79 Å². The summed E-state index contributed by atoms with van der Waals surface area (Å²) >= 11 is 0. The molecule has 0 saturated heterocycles. The van der Waals surface area contributed by atoms with Crippen LogP contribution in [-0.4, -0.2) is 15.6 Å². The number of benzene rings is 2. The second kappa shape index (κ2) is 4.98. The lowest BCUT2D eigenvalue weighted by Gasteiger charge is -2.07. The van der Waals surface area contributed by atoms with E-state index in [-0.39, 0.29) is 11.8 Å². The number of rotatable bonds is 2. The molecular weight excluding hydrogens is 264 g/mol. The zero-order valence-electron chi connectivity index (χ0n) is 11.9. The van der Waals surface area contributed by atoms with Crippen LogP contribution in [0.3, 0.4) is 0 Å². The first-order chi connectivity index (χ1) is 10.1. The Balaban J connectivity index is 2.07. The molecule has 0 atom stereocenters. The number of para-hydroxylation sites is 2. The second-order valence-electron chi connectivity index (χ2n) is 5.04. The average molecular weight is 280 g/mol. The molecule has 0 aliphatic carbocycles. The molecule has 0 aliphatic heterocycles. The summed E-state index contributed by atoms with van der Waals surface area (Å²) in [6, 6.07) is 15.0. The van der Waals surface area contributed by atoms with Crippen molar-refractivity contribution in [3.63, 3.8) is 0 Å². The van der Waals surface area contributed by atoms with E-state index in [1.54, 1.807) is 11.6 Å². The Morgan fingerprint density at radius 3 is 2.52 bits per heavy atom. The molecule has 4 heteroatoms. The monoisotopic (exact) mass is 280 g/mol. The van der Waals surface area contributed by atoms with E-state index < -0.39 is 0 Å². The van der Waals surface area contributed by atoms with Gasteiger partial charge in [0.1, 0.15) is 5.56 Å². The van der Waals surface area contributed by atoms with Crippen LogP contribution in [0.2, 0.25) is 0 Å². The summed E-state index contributed by atoms with van der Waals surface area (Å²) in [5.41, 5.74) is 2.85. The van der Waals surface area contributed by atoms with Gasteiger partial charge < -0.3 is 15.0 Å². The van der Waals surface area contributed by atoms with Crippen molar-refractivity contribution in [2.75, 3.05) is 5.32 Å². The Bertz CT molecular complexity index is 834. The Morgan fingerprint density at radius 2 is 1.76 bits per heavy atom. The van der Waals surface area contributed by atoms with Crippen molar-refractivity contribution < 1.29 is 9.90 Å². The molecule has 1 aromatic heterocycles. The zero-order chi connectivity index (χ0) is 15.0. The number of amides is 1. The molecule has 21 heavy (non-hydrogen) atoms. The first kappa shape index (κ1) is 13.2. The maximum Gasteiger partial charge on any atom is 0.261 e. The van der Waals surface area contributed by atoms with Crippen LogP contribution in [0, 0.1) is 6.92 Å². The van der Waals surface area contributed by atoms with Crippen LogP contribution in [0.5, 0.6) is 5.88 Å². The minimum Gasteiger partial charge on any atom is -0.494 e. The molecule has 106 valence electrons. The van der Waals surface area contributed by atoms with Gasteiger partial charge in [0.05, 0.1) is 5.52 Å². The molecule has 3 aromatic rings. The number of fused-ring (bicyclic) bond motifs is 1. The first-order valence-corrected chi connectivity index (χ1v) is 6.73. The van der Waals surface area contributed by atoms with Crippen LogP contribution in [0.25, 0.3) is 10.9 Å². The number of aromatic nitrogens is 1. The first-order valence-electron chi connectivity index (χ1n) is 6.73. The molecule has 4 nitrogen and oxygen atoms in total. The summed E-state index contributed by atoms with van der Waals surface area (Å²) < 4.78 is 1.61. The Labute approximate surface area is 122 Å². The molecule has 2 aromatic carbocycles. The van der Waals surface area contributed by atoms with E-state index in [1.165, 1.54) is 0 Å². The number of hydrogen-bond acceptors (Lipinski definition) is 2. The Kier molecular flexibility index (Phi) is 3.14. The molecule has 0 fully saturated rings. The molecule has 0 saturated carbocycles. The summed E-state index contributed by atoms with van der Waals surface area (Å²) in [6.45, 7) is 1.93. The van der Waals surface area contributed by atoms with Gasteiger partial charge in [0.25, 0.3) is 5.91 Å². The van der Waals surface area contributed by atoms with E-state index >= 15 is 0 Å². The molecule has 1 heterocycles. The van der Waals surface area contributed by atoms with Crippen LogP contribution in [-0.2, 0) is 7.05 Å². The van der Waals surface area contributed by atoms with Crippen molar-refractivity contribution in [2.24, 2.45) is 7.05 Å². The average Bonchev–Trinajstić information content (AvgIpc) is 2.74. The van der Waals surface area contributed by atoms with Crippen molar-refractivity contribution in [1.82, 2.24) is 4.57 Å². The van der Waals surface area contributed by atoms with E-state index in [9.17, 15) is 9.90 Å². The van der Waals surface area contributed by atoms with Gasteiger partial charge >= 0.3 is 0 Å². The van der Waals surface area contributed by atoms with E-state index in [0.29, 0.717) is 5.56 Å². The number of aromatic hydroxyl groups is 1. The minimum atomic E-state index is -0.307. The molecular formula is C17H16N2O2. The fraction of sp³-hybridized carbons (Fsp3) is 0.118. The number of aryl methyl sites for hydroxylation is 2. The summed E-state index contributed by atoms with van der Waals surface area (Å²) in [5.74, 6) is -0.333. The normalized spacial score (nSPS) is 10.8.